The van der Waals surface area contributed by atoms with Gasteiger partial charge in [-0.1, -0.05) is 29.5 Å². The van der Waals surface area contributed by atoms with E-state index in [1.165, 1.54) is 12.4 Å². The molecule has 0 radical (unpaired) electrons. The normalized spacial score (nSPS) is 11.0. The SMILES string of the molecule is CN(CCc1ccccn1)c1ncnc2c1nnn2Cc1ccccc1F. The molecule has 0 spiro atoms. The highest BCUT2D eigenvalue weighted by molar-refractivity contribution is 5.82. The van der Waals surface area contributed by atoms with Crippen molar-refractivity contribution >= 4 is 17.0 Å². The molecular weight excluding hydrogens is 345 g/mol. The summed E-state index contributed by atoms with van der Waals surface area (Å²) in [6, 6.07) is 12.5. The van der Waals surface area contributed by atoms with Gasteiger partial charge in [0.2, 0.25) is 0 Å². The minimum atomic E-state index is -0.275. The molecule has 27 heavy (non-hydrogen) atoms. The fraction of sp³-hybridized carbons (Fsp3) is 0.211. The van der Waals surface area contributed by atoms with Crippen molar-refractivity contribution in [2.75, 3.05) is 18.5 Å². The van der Waals surface area contributed by atoms with E-state index in [0.29, 0.717) is 22.5 Å². The second-order valence-electron chi connectivity index (χ2n) is 6.20. The molecule has 0 aliphatic carbocycles. The average molecular weight is 363 g/mol. The van der Waals surface area contributed by atoms with Crippen LogP contribution in [-0.2, 0) is 13.0 Å². The van der Waals surface area contributed by atoms with E-state index in [0.717, 1.165) is 18.7 Å². The highest BCUT2D eigenvalue weighted by Gasteiger charge is 2.16. The summed E-state index contributed by atoms with van der Waals surface area (Å²) in [5.41, 5.74) is 2.72. The zero-order valence-electron chi connectivity index (χ0n) is 14.8. The Morgan fingerprint density at radius 1 is 1.04 bits per heavy atom. The zero-order valence-corrected chi connectivity index (χ0v) is 14.8. The third-order valence-corrected chi connectivity index (χ3v) is 4.35. The number of hydrogen-bond donors (Lipinski definition) is 0. The molecule has 136 valence electrons. The molecule has 1 aromatic carbocycles. The number of benzene rings is 1. The van der Waals surface area contributed by atoms with Crippen molar-refractivity contribution in [3.63, 3.8) is 0 Å². The van der Waals surface area contributed by atoms with Crippen LogP contribution >= 0.6 is 0 Å². The van der Waals surface area contributed by atoms with E-state index in [2.05, 4.69) is 25.3 Å². The molecule has 0 saturated carbocycles. The summed E-state index contributed by atoms with van der Waals surface area (Å²) in [5.74, 6) is 0.415. The van der Waals surface area contributed by atoms with E-state index < -0.39 is 0 Å². The van der Waals surface area contributed by atoms with E-state index in [9.17, 15) is 4.39 Å². The fourth-order valence-corrected chi connectivity index (χ4v) is 2.89. The van der Waals surface area contributed by atoms with Crippen molar-refractivity contribution in [2.24, 2.45) is 0 Å². The molecule has 0 unspecified atom stereocenters. The lowest BCUT2D eigenvalue weighted by Gasteiger charge is -2.17. The third kappa shape index (κ3) is 3.59. The van der Waals surface area contributed by atoms with E-state index in [4.69, 9.17) is 0 Å². The molecule has 0 saturated heterocycles. The van der Waals surface area contributed by atoms with Crippen LogP contribution in [0.25, 0.3) is 11.2 Å². The molecule has 3 heterocycles. The van der Waals surface area contributed by atoms with Crippen LogP contribution in [-0.4, -0.2) is 43.5 Å². The minimum absolute atomic E-state index is 0.261. The monoisotopic (exact) mass is 363 g/mol. The van der Waals surface area contributed by atoms with Crippen LogP contribution < -0.4 is 4.90 Å². The molecule has 7 nitrogen and oxygen atoms in total. The lowest BCUT2D eigenvalue weighted by atomic mass is 10.2. The number of hydrogen-bond acceptors (Lipinski definition) is 6. The smallest absolute Gasteiger partial charge is 0.184 e. The standard InChI is InChI=1S/C19H18FN7/c1-26(11-9-15-7-4-5-10-21-15)18-17-19(23-13-22-18)27(25-24-17)12-14-6-2-3-8-16(14)20/h2-8,10,13H,9,11-12H2,1H3. The number of halogens is 1. The Labute approximate surface area is 155 Å². The predicted molar refractivity (Wildman–Crippen MR) is 99.8 cm³/mol. The molecular formula is C19H18FN7. The first kappa shape index (κ1) is 17.0. The van der Waals surface area contributed by atoms with E-state index in [-0.39, 0.29) is 12.4 Å². The van der Waals surface area contributed by atoms with Crippen LogP contribution in [0.2, 0.25) is 0 Å². The Kier molecular flexibility index (Phi) is 4.69. The Bertz CT molecular complexity index is 1050. The summed E-state index contributed by atoms with van der Waals surface area (Å²) in [5, 5.41) is 8.38. The first-order chi connectivity index (χ1) is 13.2. The molecule has 4 rings (SSSR count). The van der Waals surface area contributed by atoms with Gasteiger partial charge in [0, 0.05) is 37.5 Å². The molecule has 0 bridgehead atoms. The fourth-order valence-electron chi connectivity index (χ4n) is 2.89. The van der Waals surface area contributed by atoms with Crippen molar-refractivity contribution in [1.29, 1.82) is 0 Å². The van der Waals surface area contributed by atoms with Gasteiger partial charge in [0.1, 0.15) is 12.1 Å². The maximum absolute atomic E-state index is 13.9. The summed E-state index contributed by atoms with van der Waals surface area (Å²) < 4.78 is 15.5. The lowest BCUT2D eigenvalue weighted by molar-refractivity contribution is 0.582. The molecule has 0 aliphatic heterocycles. The summed E-state index contributed by atoms with van der Waals surface area (Å²) in [4.78, 5) is 15.0. The van der Waals surface area contributed by atoms with Crippen LogP contribution in [0.15, 0.2) is 55.0 Å². The molecule has 3 aromatic heterocycles. The van der Waals surface area contributed by atoms with Crippen LogP contribution in [0.1, 0.15) is 11.3 Å². The molecule has 0 atom stereocenters. The van der Waals surface area contributed by atoms with Crippen LogP contribution in [0, 0.1) is 5.82 Å². The third-order valence-electron chi connectivity index (χ3n) is 4.35. The van der Waals surface area contributed by atoms with Crippen molar-refractivity contribution in [3.05, 3.63) is 72.1 Å². The molecule has 8 heteroatoms. The van der Waals surface area contributed by atoms with E-state index in [1.54, 1.807) is 29.1 Å². The topological polar surface area (TPSA) is 72.6 Å². The summed E-state index contributed by atoms with van der Waals surface area (Å²) in [6.45, 7) is 0.987. The van der Waals surface area contributed by atoms with Crippen LogP contribution in [0.5, 0.6) is 0 Å². The van der Waals surface area contributed by atoms with Gasteiger partial charge < -0.3 is 4.90 Å². The maximum atomic E-state index is 13.9. The first-order valence-corrected chi connectivity index (χ1v) is 8.61. The van der Waals surface area contributed by atoms with Gasteiger partial charge >= 0.3 is 0 Å². The molecule has 0 fully saturated rings. The van der Waals surface area contributed by atoms with Gasteiger partial charge in [-0.2, -0.15) is 0 Å². The maximum Gasteiger partial charge on any atom is 0.184 e. The van der Waals surface area contributed by atoms with Crippen molar-refractivity contribution < 1.29 is 4.39 Å². The largest absolute Gasteiger partial charge is 0.357 e. The summed E-state index contributed by atoms with van der Waals surface area (Å²) in [6.07, 6.45) is 4.05. The van der Waals surface area contributed by atoms with Crippen LogP contribution in [0.3, 0.4) is 0 Å². The second-order valence-corrected chi connectivity index (χ2v) is 6.20. The molecule has 0 aliphatic rings. The highest BCUT2D eigenvalue weighted by atomic mass is 19.1. The van der Waals surface area contributed by atoms with Gasteiger partial charge in [0.05, 0.1) is 6.54 Å². The van der Waals surface area contributed by atoms with Gasteiger partial charge in [-0.25, -0.2) is 19.0 Å². The Balaban J connectivity index is 1.57. The molecule has 0 N–H and O–H groups in total. The Morgan fingerprint density at radius 3 is 2.70 bits per heavy atom. The number of anilines is 1. The van der Waals surface area contributed by atoms with Gasteiger partial charge in [0.15, 0.2) is 17.0 Å². The Morgan fingerprint density at radius 2 is 1.89 bits per heavy atom. The Hall–Kier alpha value is -3.42. The lowest BCUT2D eigenvalue weighted by Crippen LogP contribution is -2.22. The van der Waals surface area contributed by atoms with Crippen LogP contribution in [0.4, 0.5) is 10.2 Å². The van der Waals surface area contributed by atoms with Crippen molar-refractivity contribution in [1.82, 2.24) is 29.9 Å². The number of nitrogens with zero attached hydrogens (tertiary/aromatic N) is 7. The second kappa shape index (κ2) is 7.45. The number of rotatable bonds is 6. The summed E-state index contributed by atoms with van der Waals surface area (Å²) in [7, 11) is 1.95. The van der Waals surface area contributed by atoms with Crippen molar-refractivity contribution in [3.8, 4) is 0 Å². The zero-order chi connectivity index (χ0) is 18.6. The van der Waals surface area contributed by atoms with Crippen molar-refractivity contribution in [2.45, 2.75) is 13.0 Å². The number of pyridine rings is 1. The molecule has 4 aromatic rings. The number of likely N-dealkylation sites (N-methyl/N-ethyl adjacent to an activating group) is 1. The first-order valence-electron chi connectivity index (χ1n) is 8.61. The van der Waals surface area contributed by atoms with Gasteiger partial charge in [-0.05, 0) is 18.2 Å². The average Bonchev–Trinajstić information content (AvgIpc) is 3.12. The van der Waals surface area contributed by atoms with E-state index in [1.807, 2.05) is 30.1 Å². The summed E-state index contributed by atoms with van der Waals surface area (Å²) >= 11 is 0. The minimum Gasteiger partial charge on any atom is -0.357 e. The predicted octanol–water partition coefficient (Wildman–Crippen LogP) is 2.48. The van der Waals surface area contributed by atoms with E-state index >= 15 is 0 Å². The molecule has 0 amide bonds. The highest BCUT2D eigenvalue weighted by Crippen LogP contribution is 2.20. The van der Waals surface area contributed by atoms with Gasteiger partial charge in [-0.3, -0.25) is 4.98 Å². The number of fused-ring (bicyclic) bond motifs is 1. The quantitative estimate of drug-likeness (QED) is 0.524. The van der Waals surface area contributed by atoms with Gasteiger partial charge in [-0.15, -0.1) is 5.10 Å². The number of aromatic nitrogens is 6. The van der Waals surface area contributed by atoms with Gasteiger partial charge in [0.25, 0.3) is 0 Å².